The number of aromatic carboxylic acids is 1. The van der Waals surface area contributed by atoms with Gasteiger partial charge in [-0.3, -0.25) is 0 Å². The smallest absolute Gasteiger partial charge is 0.335 e. The minimum absolute atomic E-state index is 0. The van der Waals surface area contributed by atoms with Crippen LogP contribution >= 0.6 is 0 Å². The van der Waals surface area contributed by atoms with Crippen LogP contribution in [0.3, 0.4) is 0 Å². The summed E-state index contributed by atoms with van der Waals surface area (Å²) in [6, 6.07) is 15.8. The molecular formula is C23H31O2V-. The first kappa shape index (κ1) is 24.5. The number of benzene rings is 2. The zero-order valence-corrected chi connectivity index (χ0v) is 16.5. The van der Waals surface area contributed by atoms with Crippen LogP contribution in [0.2, 0.25) is 0 Å². The topological polar surface area (TPSA) is 37.3 Å². The second-order valence-electron chi connectivity index (χ2n) is 6.35. The largest absolute Gasteiger partial charge is 0.478 e. The van der Waals surface area contributed by atoms with Gasteiger partial charge in [-0.25, -0.2) is 4.79 Å². The number of carbonyl (C=O) groups is 1. The van der Waals surface area contributed by atoms with Gasteiger partial charge in [0.15, 0.2) is 0 Å². The van der Waals surface area contributed by atoms with Gasteiger partial charge in [0.1, 0.15) is 0 Å². The first-order valence-corrected chi connectivity index (χ1v) is 8.91. The Kier molecular flexibility index (Phi) is 12.0. The predicted molar refractivity (Wildman–Crippen MR) is 107 cm³/mol. The van der Waals surface area contributed by atoms with E-state index in [0.717, 1.165) is 11.1 Å². The summed E-state index contributed by atoms with van der Waals surface area (Å²) in [4.78, 5) is 10.9. The van der Waals surface area contributed by atoms with Crippen LogP contribution in [0.1, 0.15) is 75.2 Å². The summed E-state index contributed by atoms with van der Waals surface area (Å²) in [6.07, 6.45) is 8.60. The number of hydrogen-bond donors (Lipinski definition) is 1. The number of rotatable bonds is 3. The zero-order valence-electron chi connectivity index (χ0n) is 15.1. The molecule has 0 amide bonds. The van der Waals surface area contributed by atoms with Crippen LogP contribution in [0.25, 0.3) is 11.1 Å². The summed E-state index contributed by atoms with van der Waals surface area (Å²) in [5.74, 6) is -0.190. The Labute approximate surface area is 170 Å². The van der Waals surface area contributed by atoms with E-state index in [1.165, 1.54) is 37.7 Å². The molecule has 0 unspecified atom stereocenters. The number of carboxylic acid groups (broad SMARTS) is 1. The van der Waals surface area contributed by atoms with Crippen molar-refractivity contribution < 1.29 is 28.5 Å². The standard InChI is InChI=1S/C19H19O2.C3H8.CH4.V/c20-19(21)18-12-10-17(11-13-18)16-8-6-15(7-9-16)14-4-2-1-3-5-14;1-3-2;;/h1,6-14H,2-5H2,(H,20,21);3H2,1-2H3;1H4;/q-1;;;. The van der Waals surface area contributed by atoms with Crippen LogP contribution in [0.15, 0.2) is 48.5 Å². The van der Waals surface area contributed by atoms with Crippen molar-refractivity contribution in [1.29, 1.82) is 0 Å². The first-order valence-electron chi connectivity index (χ1n) is 8.91. The van der Waals surface area contributed by atoms with E-state index in [1.807, 2.05) is 12.1 Å². The second kappa shape index (κ2) is 12.8. The van der Waals surface area contributed by atoms with Crippen molar-refractivity contribution in [3.05, 3.63) is 66.1 Å². The fourth-order valence-corrected chi connectivity index (χ4v) is 3.01. The molecule has 0 heterocycles. The van der Waals surface area contributed by atoms with E-state index >= 15 is 0 Å². The molecule has 2 nitrogen and oxygen atoms in total. The van der Waals surface area contributed by atoms with Crippen molar-refractivity contribution in [2.24, 2.45) is 0 Å². The molecule has 3 heteroatoms. The Morgan fingerprint density at radius 1 is 0.962 bits per heavy atom. The average molecular weight is 390 g/mol. The normalized spacial score (nSPS) is 13.5. The fourth-order valence-electron chi connectivity index (χ4n) is 3.01. The average Bonchev–Trinajstić information content (AvgIpc) is 2.63. The first-order chi connectivity index (χ1) is 11.7. The number of carboxylic acids is 1. The monoisotopic (exact) mass is 390 g/mol. The molecule has 2 aromatic rings. The van der Waals surface area contributed by atoms with Gasteiger partial charge in [-0.05, 0) is 34.7 Å². The Morgan fingerprint density at radius 2 is 1.38 bits per heavy atom. The molecule has 1 saturated carbocycles. The van der Waals surface area contributed by atoms with E-state index in [-0.39, 0.29) is 26.0 Å². The quantitative estimate of drug-likeness (QED) is 0.575. The van der Waals surface area contributed by atoms with E-state index in [0.29, 0.717) is 11.5 Å². The van der Waals surface area contributed by atoms with Gasteiger partial charge in [-0.15, -0.1) is 0 Å². The van der Waals surface area contributed by atoms with Crippen molar-refractivity contribution in [3.63, 3.8) is 0 Å². The summed E-state index contributed by atoms with van der Waals surface area (Å²) in [6.45, 7) is 4.25. The van der Waals surface area contributed by atoms with Crippen molar-refractivity contribution in [2.75, 3.05) is 0 Å². The van der Waals surface area contributed by atoms with Crippen molar-refractivity contribution in [1.82, 2.24) is 0 Å². The third-order valence-electron chi connectivity index (χ3n) is 4.29. The SMILES string of the molecule is C.CCC.O=C(O)c1ccc(-c2ccc(C3CC[CH-]CC3)cc2)cc1.[V]. The van der Waals surface area contributed by atoms with Gasteiger partial charge in [0.25, 0.3) is 0 Å². The summed E-state index contributed by atoms with van der Waals surface area (Å²) in [7, 11) is 0. The molecule has 0 atom stereocenters. The molecule has 1 fully saturated rings. The Morgan fingerprint density at radius 3 is 1.81 bits per heavy atom. The predicted octanol–water partition coefficient (Wildman–Crippen LogP) is 6.96. The van der Waals surface area contributed by atoms with Crippen LogP contribution in [0.4, 0.5) is 0 Å². The minimum Gasteiger partial charge on any atom is -0.478 e. The molecule has 2 aromatic carbocycles. The van der Waals surface area contributed by atoms with Gasteiger partial charge >= 0.3 is 5.97 Å². The van der Waals surface area contributed by atoms with Gasteiger partial charge in [0.2, 0.25) is 0 Å². The molecule has 0 aliphatic heterocycles. The summed E-state index contributed by atoms with van der Waals surface area (Å²) in [5.41, 5.74) is 3.95. The van der Waals surface area contributed by atoms with Crippen molar-refractivity contribution >= 4 is 5.97 Å². The van der Waals surface area contributed by atoms with Crippen LogP contribution < -0.4 is 0 Å². The fraction of sp³-hybridized carbons (Fsp3) is 0.391. The molecule has 0 saturated heterocycles. The van der Waals surface area contributed by atoms with E-state index in [2.05, 4.69) is 44.5 Å². The van der Waals surface area contributed by atoms with Gasteiger partial charge in [-0.1, -0.05) is 76.9 Å². The van der Waals surface area contributed by atoms with Crippen LogP contribution in [0.5, 0.6) is 0 Å². The molecule has 0 bridgehead atoms. The van der Waals surface area contributed by atoms with Crippen LogP contribution in [-0.2, 0) is 18.6 Å². The maximum absolute atomic E-state index is 10.9. The molecule has 1 radical (unpaired) electrons. The molecule has 0 spiro atoms. The van der Waals surface area contributed by atoms with Gasteiger partial charge in [0.05, 0.1) is 5.56 Å². The third kappa shape index (κ3) is 7.01. The summed E-state index contributed by atoms with van der Waals surface area (Å²) in [5, 5.41) is 8.92. The Balaban J connectivity index is 0.00000117. The van der Waals surface area contributed by atoms with E-state index < -0.39 is 5.97 Å². The van der Waals surface area contributed by atoms with Crippen LogP contribution in [0, 0.1) is 6.42 Å². The van der Waals surface area contributed by atoms with Gasteiger partial charge < -0.3 is 11.5 Å². The van der Waals surface area contributed by atoms with Crippen molar-refractivity contribution in [3.8, 4) is 11.1 Å². The summed E-state index contributed by atoms with van der Waals surface area (Å²) >= 11 is 0. The third-order valence-corrected chi connectivity index (χ3v) is 4.29. The van der Waals surface area contributed by atoms with Crippen LogP contribution in [-0.4, -0.2) is 11.1 Å². The molecule has 1 aliphatic carbocycles. The van der Waals surface area contributed by atoms with E-state index in [4.69, 9.17) is 5.11 Å². The van der Waals surface area contributed by atoms with E-state index in [1.54, 1.807) is 12.1 Å². The second-order valence-corrected chi connectivity index (χ2v) is 6.35. The number of hydrogen-bond acceptors (Lipinski definition) is 1. The molecule has 3 rings (SSSR count). The Bertz CT molecular complexity index is 626. The van der Waals surface area contributed by atoms with E-state index in [9.17, 15) is 4.79 Å². The minimum atomic E-state index is -0.883. The molecular weight excluding hydrogens is 359 g/mol. The zero-order chi connectivity index (χ0) is 17.4. The van der Waals surface area contributed by atoms with Gasteiger partial charge in [0, 0.05) is 18.6 Å². The molecule has 141 valence electrons. The molecule has 1 N–H and O–H groups in total. The Hall–Kier alpha value is -1.51. The van der Waals surface area contributed by atoms with Gasteiger partial charge in [-0.2, -0.15) is 12.8 Å². The molecule has 1 aliphatic rings. The molecule has 0 aromatic heterocycles. The van der Waals surface area contributed by atoms with Crippen molar-refractivity contribution in [2.45, 2.75) is 59.3 Å². The maximum atomic E-state index is 10.9. The molecule has 26 heavy (non-hydrogen) atoms. The maximum Gasteiger partial charge on any atom is 0.335 e. The summed E-state index contributed by atoms with van der Waals surface area (Å²) < 4.78 is 0.